The van der Waals surface area contributed by atoms with Crippen molar-refractivity contribution in [1.29, 1.82) is 0 Å². The number of unbranched alkanes of at least 4 members (excludes halogenated alkanes) is 1. The number of hydrogen-bond donors (Lipinski definition) is 0. The van der Waals surface area contributed by atoms with Crippen molar-refractivity contribution in [2.75, 3.05) is 0 Å². The Balaban J connectivity index is 0. The van der Waals surface area contributed by atoms with E-state index in [1.165, 1.54) is 29.1 Å². The van der Waals surface area contributed by atoms with E-state index in [4.69, 9.17) is 0 Å². The van der Waals surface area contributed by atoms with Crippen LogP contribution in [0.3, 0.4) is 0 Å². The average Bonchev–Trinajstić information content (AvgIpc) is 1.41. The van der Waals surface area contributed by atoms with Crippen LogP contribution in [0.1, 0.15) is 21.2 Å². The van der Waals surface area contributed by atoms with E-state index in [1.807, 2.05) is 0 Å². The third kappa shape index (κ3) is 4.22. The highest BCUT2D eigenvalue weighted by atomic mass is 28.1. The van der Waals surface area contributed by atoms with Crippen LogP contribution in [-0.2, 0) is 0 Å². The van der Waals surface area contributed by atoms with E-state index >= 15 is 0 Å². The summed E-state index contributed by atoms with van der Waals surface area (Å²) < 4.78 is 0. The first-order valence-corrected chi connectivity index (χ1v) is 3.83. The summed E-state index contributed by atoms with van der Waals surface area (Å²) in [6.07, 6.45) is 2.83. The van der Waals surface area contributed by atoms with Crippen LogP contribution in [0.5, 0.6) is 0 Å². The second-order valence-electron chi connectivity index (χ2n) is 1.35. The highest BCUT2D eigenvalue weighted by Crippen LogP contribution is 1.86. The lowest BCUT2D eigenvalue weighted by Gasteiger charge is -1.79. The van der Waals surface area contributed by atoms with Gasteiger partial charge in [-0.3, -0.25) is 0 Å². The Morgan fingerprint density at radius 1 is 1.80 bits per heavy atom. The minimum atomic E-state index is 0. The van der Waals surface area contributed by atoms with Crippen molar-refractivity contribution >= 4 is 10.2 Å². The molecule has 0 unspecified atom stereocenters. The largest absolute Gasteiger partial charge is 1.00 e. The van der Waals surface area contributed by atoms with Gasteiger partial charge in [-0.05, 0) is 0 Å². The molecule has 0 amide bonds. The van der Waals surface area contributed by atoms with E-state index < -0.39 is 0 Å². The Hall–Kier alpha value is 0.217. The average molecular weight is 89.2 g/mol. The molecule has 0 aromatic rings. The Bertz CT molecular complexity index is 15.0. The van der Waals surface area contributed by atoms with Crippen LogP contribution in [0.4, 0.5) is 0 Å². The SMILES string of the molecule is CCCC[SiH3].[H+]. The van der Waals surface area contributed by atoms with Crippen LogP contribution in [0.25, 0.3) is 0 Å². The van der Waals surface area contributed by atoms with Crippen molar-refractivity contribution < 1.29 is 1.43 Å². The summed E-state index contributed by atoms with van der Waals surface area (Å²) in [6, 6.07) is 1.48. The highest BCUT2D eigenvalue weighted by molar-refractivity contribution is 6.08. The second-order valence-corrected chi connectivity index (χ2v) is 2.35. The van der Waals surface area contributed by atoms with Gasteiger partial charge in [-0.1, -0.05) is 25.8 Å². The third-order valence-electron chi connectivity index (χ3n) is 0.707. The molecule has 5 heavy (non-hydrogen) atoms. The van der Waals surface area contributed by atoms with Gasteiger partial charge < -0.3 is 0 Å². The number of hydrogen-bond acceptors (Lipinski definition) is 0. The molecule has 0 bridgehead atoms. The molecule has 0 aromatic carbocycles. The highest BCUT2D eigenvalue weighted by Gasteiger charge is 1.68. The van der Waals surface area contributed by atoms with Crippen LogP contribution in [0.2, 0.25) is 6.04 Å². The Labute approximate surface area is 38.5 Å². The smallest absolute Gasteiger partial charge is 0.0659 e. The van der Waals surface area contributed by atoms with E-state index in [9.17, 15) is 0 Å². The van der Waals surface area contributed by atoms with Crippen molar-refractivity contribution in [3.05, 3.63) is 0 Å². The fourth-order valence-electron chi connectivity index (χ4n) is 0.354. The summed E-state index contributed by atoms with van der Waals surface area (Å²) in [5.41, 5.74) is 0. The van der Waals surface area contributed by atoms with Gasteiger partial charge in [0.1, 0.15) is 0 Å². The molecule has 0 aliphatic carbocycles. The lowest BCUT2D eigenvalue weighted by atomic mass is 10.4. The maximum absolute atomic E-state index is 2.23. The molecule has 0 radical (unpaired) electrons. The molecule has 0 heterocycles. The molecule has 0 aliphatic rings. The molecule has 0 aliphatic heterocycles. The van der Waals surface area contributed by atoms with Gasteiger partial charge in [0.15, 0.2) is 0 Å². The van der Waals surface area contributed by atoms with Gasteiger partial charge in [0.2, 0.25) is 0 Å². The van der Waals surface area contributed by atoms with Gasteiger partial charge in [0.05, 0.1) is 0 Å². The lowest BCUT2D eigenvalue weighted by molar-refractivity contribution is 0.884. The Kier molecular flexibility index (Phi) is 4.40. The first kappa shape index (κ1) is 5.22. The van der Waals surface area contributed by atoms with Crippen molar-refractivity contribution in [3.8, 4) is 0 Å². The van der Waals surface area contributed by atoms with Crippen molar-refractivity contribution in [1.82, 2.24) is 0 Å². The summed E-state index contributed by atoms with van der Waals surface area (Å²) >= 11 is 0. The summed E-state index contributed by atoms with van der Waals surface area (Å²) in [5.74, 6) is 0. The van der Waals surface area contributed by atoms with Crippen LogP contribution < -0.4 is 0 Å². The summed E-state index contributed by atoms with van der Waals surface area (Å²) in [7, 11) is 1.40. The fraction of sp³-hybridized carbons (Fsp3) is 1.00. The lowest BCUT2D eigenvalue weighted by Crippen LogP contribution is -1.63. The molecule has 0 fully saturated rings. The molecule has 0 aromatic heterocycles. The predicted octanol–water partition coefficient (Wildman–Crippen LogP) is 0.683. The molecule has 1 heteroatoms. The second kappa shape index (κ2) is 4.22. The van der Waals surface area contributed by atoms with E-state index in [-0.39, 0.29) is 1.43 Å². The standard InChI is InChI=1S/C4H12Si/c1-2-3-4-5/h2-4H2,1,5H3/p+1. The molecule has 0 atom stereocenters. The van der Waals surface area contributed by atoms with Crippen LogP contribution >= 0.6 is 0 Å². The summed E-state index contributed by atoms with van der Waals surface area (Å²) in [5, 5.41) is 0. The summed E-state index contributed by atoms with van der Waals surface area (Å²) in [4.78, 5) is 0. The normalized spacial score (nSPS) is 9.00. The molecule has 32 valence electrons. The molecule has 0 rings (SSSR count). The van der Waals surface area contributed by atoms with Gasteiger partial charge >= 0.3 is 1.43 Å². The quantitative estimate of drug-likeness (QED) is 0.436. The van der Waals surface area contributed by atoms with E-state index in [2.05, 4.69) is 6.92 Å². The van der Waals surface area contributed by atoms with Crippen LogP contribution in [0.15, 0.2) is 0 Å². The van der Waals surface area contributed by atoms with Crippen LogP contribution in [-0.4, -0.2) is 10.2 Å². The Morgan fingerprint density at radius 2 is 2.40 bits per heavy atom. The van der Waals surface area contributed by atoms with Crippen LogP contribution in [0, 0.1) is 0 Å². The minimum absolute atomic E-state index is 0. The van der Waals surface area contributed by atoms with Crippen molar-refractivity contribution in [2.45, 2.75) is 25.8 Å². The molecule has 0 spiro atoms. The van der Waals surface area contributed by atoms with E-state index in [1.54, 1.807) is 0 Å². The Morgan fingerprint density at radius 3 is 2.40 bits per heavy atom. The van der Waals surface area contributed by atoms with E-state index in [0.29, 0.717) is 0 Å². The summed E-state index contributed by atoms with van der Waals surface area (Å²) in [6.45, 7) is 2.23. The van der Waals surface area contributed by atoms with Gasteiger partial charge in [0.25, 0.3) is 0 Å². The van der Waals surface area contributed by atoms with Gasteiger partial charge in [-0.25, -0.2) is 0 Å². The zero-order valence-corrected chi connectivity index (χ0v) is 6.12. The number of rotatable bonds is 2. The maximum atomic E-state index is 2.23. The maximum Gasteiger partial charge on any atom is 1.00 e. The topological polar surface area (TPSA) is 0 Å². The zero-order valence-electron chi connectivity index (χ0n) is 5.12. The molecule has 0 saturated carbocycles. The first-order valence-electron chi connectivity index (χ1n) is 2.41. The van der Waals surface area contributed by atoms with Crippen molar-refractivity contribution in [2.24, 2.45) is 0 Å². The van der Waals surface area contributed by atoms with Crippen molar-refractivity contribution in [3.63, 3.8) is 0 Å². The zero-order chi connectivity index (χ0) is 4.12. The molecular formula is C4H13Si+. The monoisotopic (exact) mass is 89.1 g/mol. The van der Waals surface area contributed by atoms with E-state index in [0.717, 1.165) is 0 Å². The van der Waals surface area contributed by atoms with Gasteiger partial charge in [-0.2, -0.15) is 0 Å². The van der Waals surface area contributed by atoms with Gasteiger partial charge in [-0.15, -0.1) is 0 Å². The third-order valence-corrected chi connectivity index (χ3v) is 1.41. The molecule has 0 N–H and O–H groups in total. The molecule has 0 saturated heterocycles. The van der Waals surface area contributed by atoms with Gasteiger partial charge in [0, 0.05) is 10.2 Å². The predicted molar refractivity (Wildman–Crippen MR) is 30.8 cm³/mol. The molecular weight excluding hydrogens is 76.1 g/mol. The molecule has 0 nitrogen and oxygen atoms in total. The fourth-order valence-corrected chi connectivity index (χ4v) is 1.06. The first-order chi connectivity index (χ1) is 2.41. The minimum Gasteiger partial charge on any atom is -0.0659 e.